The first kappa shape index (κ1) is 24.9. The third-order valence-electron chi connectivity index (χ3n) is 5.42. The number of rotatable bonds is 11. The van der Waals surface area contributed by atoms with E-state index in [1.165, 1.54) is 17.3 Å². The van der Waals surface area contributed by atoms with Crippen molar-refractivity contribution in [1.29, 1.82) is 0 Å². The quantitative estimate of drug-likeness (QED) is 0.329. The number of carboxylic acid groups (broad SMARTS) is 1. The molecule has 3 rings (SSSR count). The van der Waals surface area contributed by atoms with Crippen LogP contribution in [0.3, 0.4) is 0 Å². The van der Waals surface area contributed by atoms with Gasteiger partial charge in [0, 0.05) is 17.3 Å². The van der Waals surface area contributed by atoms with Gasteiger partial charge in [-0.3, -0.25) is 4.79 Å². The maximum atomic E-state index is 12.8. The first-order chi connectivity index (χ1) is 16.0. The fourth-order valence-corrected chi connectivity index (χ4v) is 4.73. The zero-order valence-electron chi connectivity index (χ0n) is 18.6. The van der Waals surface area contributed by atoms with Crippen LogP contribution >= 0.6 is 24.4 Å². The normalized spacial score (nSPS) is 12.7. The molecule has 2 N–H and O–H groups in total. The Morgan fingerprint density at radius 3 is 2.12 bits per heavy atom. The summed E-state index contributed by atoms with van der Waals surface area (Å²) < 4.78 is 0. The summed E-state index contributed by atoms with van der Waals surface area (Å²) in [5, 5.41) is 12.3. The summed E-state index contributed by atoms with van der Waals surface area (Å²) in [6.45, 7) is 2.03. The smallest absolute Gasteiger partial charge is 0.327 e. The number of carbonyl (C=O) groups is 2. The average Bonchev–Trinajstić information content (AvgIpc) is 2.83. The van der Waals surface area contributed by atoms with Crippen molar-refractivity contribution in [2.24, 2.45) is 5.92 Å². The molecule has 0 heterocycles. The number of aryl methyl sites for hydroxylation is 1. The first-order valence-electron chi connectivity index (χ1n) is 10.9. The number of hydrogen-bond acceptors (Lipinski definition) is 4. The molecule has 6 heteroatoms. The van der Waals surface area contributed by atoms with Crippen molar-refractivity contribution >= 4 is 36.3 Å². The lowest BCUT2D eigenvalue weighted by Crippen LogP contribution is -2.46. The molecule has 0 aliphatic rings. The van der Waals surface area contributed by atoms with Gasteiger partial charge in [0.05, 0.1) is 5.92 Å². The molecule has 3 aromatic rings. The van der Waals surface area contributed by atoms with E-state index < -0.39 is 17.9 Å². The monoisotopic (exact) mass is 479 g/mol. The molecular formula is C27H29NO3S2. The Labute approximate surface area is 205 Å². The van der Waals surface area contributed by atoms with Crippen LogP contribution in [0, 0.1) is 12.8 Å². The van der Waals surface area contributed by atoms with Crippen LogP contribution in [-0.2, 0) is 21.8 Å². The molecule has 3 aromatic carbocycles. The van der Waals surface area contributed by atoms with Crippen molar-refractivity contribution in [3.63, 3.8) is 0 Å². The van der Waals surface area contributed by atoms with Gasteiger partial charge in [0.25, 0.3) is 0 Å². The third-order valence-corrected chi connectivity index (χ3v) is 6.97. The van der Waals surface area contributed by atoms with Gasteiger partial charge < -0.3 is 10.4 Å². The number of nitrogens with one attached hydrogen (secondary N) is 1. The van der Waals surface area contributed by atoms with E-state index in [-0.39, 0.29) is 5.91 Å². The van der Waals surface area contributed by atoms with Crippen LogP contribution < -0.4 is 5.32 Å². The van der Waals surface area contributed by atoms with E-state index in [1.807, 2.05) is 73.7 Å². The van der Waals surface area contributed by atoms with Gasteiger partial charge in [-0.05, 0) is 35.6 Å². The molecule has 0 unspecified atom stereocenters. The molecule has 1 amide bonds. The summed E-state index contributed by atoms with van der Waals surface area (Å²) in [7, 11) is 0. The highest BCUT2D eigenvalue weighted by Gasteiger charge is 2.25. The van der Waals surface area contributed by atoms with Gasteiger partial charge in [-0.25, -0.2) is 4.79 Å². The second-order valence-electron chi connectivity index (χ2n) is 8.05. The summed E-state index contributed by atoms with van der Waals surface area (Å²) in [5.41, 5.74) is 5.59. The fraction of sp³-hybridized carbons (Fsp3) is 0.259. The summed E-state index contributed by atoms with van der Waals surface area (Å²) in [5.74, 6) is -0.357. The minimum absolute atomic E-state index is 0.277. The molecule has 0 fully saturated rings. The zero-order chi connectivity index (χ0) is 23.6. The molecule has 4 nitrogen and oxygen atoms in total. The molecule has 0 radical (unpaired) electrons. The van der Waals surface area contributed by atoms with Crippen molar-refractivity contribution < 1.29 is 14.7 Å². The average molecular weight is 480 g/mol. The molecule has 0 aliphatic carbocycles. The lowest BCUT2D eigenvalue weighted by Gasteiger charge is -2.19. The Kier molecular flexibility index (Phi) is 9.46. The Morgan fingerprint density at radius 2 is 1.52 bits per heavy atom. The Balaban J connectivity index is 1.55. The van der Waals surface area contributed by atoms with Crippen LogP contribution in [0.25, 0.3) is 11.1 Å². The number of carbonyl (C=O) groups excluding carboxylic acids is 1. The van der Waals surface area contributed by atoms with Crippen molar-refractivity contribution in [3.05, 3.63) is 95.6 Å². The van der Waals surface area contributed by atoms with Crippen molar-refractivity contribution in [2.75, 3.05) is 11.5 Å². The maximum absolute atomic E-state index is 12.8. The minimum atomic E-state index is -1.02. The second-order valence-corrected chi connectivity index (χ2v) is 9.44. The molecule has 2 atom stereocenters. The van der Waals surface area contributed by atoms with Crippen LogP contribution in [0.15, 0.2) is 78.9 Å². The fourth-order valence-electron chi connectivity index (χ4n) is 3.43. The lowest BCUT2D eigenvalue weighted by atomic mass is 9.97. The number of benzene rings is 3. The summed E-state index contributed by atoms with van der Waals surface area (Å²) in [6, 6.07) is 25.4. The van der Waals surface area contributed by atoms with Crippen LogP contribution in [0.5, 0.6) is 0 Å². The summed E-state index contributed by atoms with van der Waals surface area (Å²) in [4.78, 5) is 24.5. The van der Waals surface area contributed by atoms with E-state index in [0.717, 1.165) is 22.3 Å². The van der Waals surface area contributed by atoms with Crippen molar-refractivity contribution in [2.45, 2.75) is 25.1 Å². The SMILES string of the molecule is Cc1ccc(CSC[C@H](NC(=O)[C@@H](CS)Cc2ccc(-c3ccccc3)cc2)C(=O)O)cc1. The van der Waals surface area contributed by atoms with E-state index in [9.17, 15) is 14.7 Å². The lowest BCUT2D eigenvalue weighted by molar-refractivity contribution is -0.141. The second kappa shape index (κ2) is 12.5. The predicted octanol–water partition coefficient (Wildman–Crippen LogP) is 5.25. The molecule has 172 valence electrons. The van der Waals surface area contributed by atoms with E-state index in [0.29, 0.717) is 23.7 Å². The van der Waals surface area contributed by atoms with Gasteiger partial charge in [0.15, 0.2) is 0 Å². The number of amides is 1. The Morgan fingerprint density at radius 1 is 0.909 bits per heavy atom. The van der Waals surface area contributed by atoms with E-state index in [1.54, 1.807) is 0 Å². The van der Waals surface area contributed by atoms with E-state index >= 15 is 0 Å². The highest BCUT2D eigenvalue weighted by atomic mass is 32.2. The van der Waals surface area contributed by atoms with Crippen LogP contribution in [0.4, 0.5) is 0 Å². The van der Waals surface area contributed by atoms with Gasteiger partial charge in [-0.2, -0.15) is 24.4 Å². The molecule has 0 saturated heterocycles. The molecular weight excluding hydrogens is 450 g/mol. The van der Waals surface area contributed by atoms with E-state index in [2.05, 4.69) is 30.1 Å². The summed E-state index contributed by atoms with van der Waals surface area (Å²) >= 11 is 5.85. The van der Waals surface area contributed by atoms with Crippen LogP contribution in [-0.4, -0.2) is 34.5 Å². The molecule has 0 bridgehead atoms. The number of thioether (sulfide) groups is 1. The van der Waals surface area contributed by atoms with Gasteiger partial charge in [0.2, 0.25) is 5.91 Å². The maximum Gasteiger partial charge on any atom is 0.327 e. The predicted molar refractivity (Wildman–Crippen MR) is 140 cm³/mol. The highest BCUT2D eigenvalue weighted by molar-refractivity contribution is 7.98. The number of aliphatic carboxylic acids is 1. The largest absolute Gasteiger partial charge is 0.480 e. The standard InChI is InChI=1S/C27H29NO3S2/c1-19-7-9-21(10-8-19)17-33-18-25(27(30)31)28-26(29)24(16-32)15-20-11-13-23(14-12-20)22-5-3-2-4-6-22/h2-14,24-25,32H,15-18H2,1H3,(H,28,29)(H,30,31)/t24-,25+/m1/s1. The highest BCUT2D eigenvalue weighted by Crippen LogP contribution is 2.21. The molecule has 0 aromatic heterocycles. The topological polar surface area (TPSA) is 66.4 Å². The third kappa shape index (κ3) is 7.69. The number of thiol groups is 1. The van der Waals surface area contributed by atoms with Crippen LogP contribution in [0.2, 0.25) is 0 Å². The molecule has 33 heavy (non-hydrogen) atoms. The van der Waals surface area contributed by atoms with Gasteiger partial charge >= 0.3 is 5.97 Å². The van der Waals surface area contributed by atoms with Crippen molar-refractivity contribution in [1.82, 2.24) is 5.32 Å². The van der Waals surface area contributed by atoms with Gasteiger partial charge in [-0.15, -0.1) is 0 Å². The van der Waals surface area contributed by atoms with Crippen LogP contribution in [0.1, 0.15) is 16.7 Å². The zero-order valence-corrected chi connectivity index (χ0v) is 20.3. The Bertz CT molecular complexity index is 1040. The molecule has 0 aliphatic heterocycles. The van der Waals surface area contributed by atoms with Gasteiger partial charge in [0.1, 0.15) is 6.04 Å². The number of hydrogen-bond donors (Lipinski definition) is 3. The first-order valence-corrected chi connectivity index (χ1v) is 12.7. The van der Waals surface area contributed by atoms with E-state index in [4.69, 9.17) is 0 Å². The molecule has 0 spiro atoms. The summed E-state index contributed by atoms with van der Waals surface area (Å²) in [6.07, 6.45) is 0.507. The molecule has 0 saturated carbocycles. The van der Waals surface area contributed by atoms with Gasteiger partial charge in [-0.1, -0.05) is 84.4 Å². The van der Waals surface area contributed by atoms with Crippen molar-refractivity contribution in [3.8, 4) is 11.1 Å². The minimum Gasteiger partial charge on any atom is -0.480 e. The Hall–Kier alpha value is -2.70. The number of carboxylic acids is 1.